The molecule has 1 N–H and O–H groups in total. The van der Waals surface area contributed by atoms with Gasteiger partial charge in [0.05, 0.1) is 12.6 Å². The smallest absolute Gasteiger partial charge is 0.119 e. The molecular weight excluding hydrogens is 312 g/mol. The Morgan fingerprint density at radius 1 is 1.40 bits per heavy atom. The molecule has 3 saturated heterocycles. The highest BCUT2D eigenvalue weighted by molar-refractivity contribution is 5.84. The fourth-order valence-electron chi connectivity index (χ4n) is 4.79. The molecule has 132 valence electrons. The normalized spacial score (nSPS) is 30.8. The predicted octanol–water partition coefficient (Wildman–Crippen LogP) is 3.35. The molecule has 0 amide bonds. The highest BCUT2D eigenvalue weighted by atomic mass is 16.5. The van der Waals surface area contributed by atoms with Gasteiger partial charge in [-0.1, -0.05) is 6.08 Å². The van der Waals surface area contributed by atoms with Gasteiger partial charge < -0.3 is 9.84 Å². The van der Waals surface area contributed by atoms with Crippen LogP contribution in [0.15, 0.2) is 43.1 Å². The maximum atomic E-state index is 11.6. The topological polar surface area (TPSA) is 45.6 Å². The molecule has 2 bridgehead atoms. The molecule has 3 aliphatic heterocycles. The van der Waals surface area contributed by atoms with Crippen molar-refractivity contribution < 1.29 is 9.84 Å². The zero-order valence-electron chi connectivity index (χ0n) is 15.0. The minimum atomic E-state index is -0.932. The number of piperidine rings is 3. The van der Waals surface area contributed by atoms with Crippen LogP contribution in [-0.2, 0) is 5.60 Å². The lowest BCUT2D eigenvalue weighted by atomic mass is 9.70. The molecule has 4 heterocycles. The third kappa shape index (κ3) is 2.64. The first kappa shape index (κ1) is 16.6. The molecule has 1 aromatic carbocycles. The number of hydrogen-bond donors (Lipinski definition) is 1. The molecule has 0 spiro atoms. The summed E-state index contributed by atoms with van der Waals surface area (Å²) in [5, 5.41) is 12.6. The first-order valence-electron chi connectivity index (χ1n) is 9.07. The highest BCUT2D eigenvalue weighted by Gasteiger charge is 2.47. The van der Waals surface area contributed by atoms with E-state index in [2.05, 4.69) is 22.5 Å². The summed E-state index contributed by atoms with van der Waals surface area (Å²) in [6, 6.07) is 7.92. The molecule has 4 heteroatoms. The van der Waals surface area contributed by atoms with E-state index in [-0.39, 0.29) is 6.04 Å². The maximum absolute atomic E-state index is 11.6. The van der Waals surface area contributed by atoms with Crippen LogP contribution in [0.4, 0.5) is 0 Å². The van der Waals surface area contributed by atoms with Crippen LogP contribution in [0.2, 0.25) is 0 Å². The number of ether oxygens (including phenoxy) is 1. The van der Waals surface area contributed by atoms with Crippen LogP contribution in [0.3, 0.4) is 0 Å². The Morgan fingerprint density at radius 3 is 2.92 bits per heavy atom. The van der Waals surface area contributed by atoms with E-state index in [4.69, 9.17) is 4.74 Å². The van der Waals surface area contributed by atoms with Crippen molar-refractivity contribution in [1.29, 1.82) is 0 Å². The van der Waals surface area contributed by atoms with Crippen LogP contribution in [0.5, 0.6) is 5.75 Å². The highest BCUT2D eigenvalue weighted by Crippen LogP contribution is 2.44. The lowest BCUT2D eigenvalue weighted by Crippen LogP contribution is -2.59. The van der Waals surface area contributed by atoms with Gasteiger partial charge in [-0.15, -0.1) is 6.58 Å². The van der Waals surface area contributed by atoms with Gasteiger partial charge in [0.2, 0.25) is 0 Å². The van der Waals surface area contributed by atoms with Gasteiger partial charge in [0.1, 0.15) is 11.4 Å². The molecular formula is C21H26N2O2. The maximum Gasteiger partial charge on any atom is 0.119 e. The summed E-state index contributed by atoms with van der Waals surface area (Å²) in [4.78, 5) is 6.90. The second kappa shape index (κ2) is 6.11. The molecule has 5 rings (SSSR count). The van der Waals surface area contributed by atoms with Crippen molar-refractivity contribution in [1.82, 2.24) is 9.88 Å². The summed E-state index contributed by atoms with van der Waals surface area (Å²) in [5.74, 6) is 1.96. The number of hydrogen-bond acceptors (Lipinski definition) is 4. The fraction of sp³-hybridized carbons (Fsp3) is 0.476. The third-order valence-corrected chi connectivity index (χ3v) is 6.25. The zero-order valence-corrected chi connectivity index (χ0v) is 15.0. The number of rotatable bonds is 4. The van der Waals surface area contributed by atoms with Gasteiger partial charge in [-0.2, -0.15) is 0 Å². The lowest BCUT2D eigenvalue weighted by Gasteiger charge is -2.53. The van der Waals surface area contributed by atoms with Crippen molar-refractivity contribution in [2.24, 2.45) is 11.8 Å². The Morgan fingerprint density at radius 2 is 2.24 bits per heavy atom. The minimum absolute atomic E-state index is 0.124. The van der Waals surface area contributed by atoms with Crippen molar-refractivity contribution >= 4 is 10.9 Å². The average molecular weight is 338 g/mol. The first-order chi connectivity index (χ1) is 12.0. The Hall–Kier alpha value is -1.91. The minimum Gasteiger partial charge on any atom is -0.497 e. The van der Waals surface area contributed by atoms with Gasteiger partial charge in [-0.05, 0) is 68.0 Å². The van der Waals surface area contributed by atoms with Crippen LogP contribution in [0.25, 0.3) is 10.9 Å². The van der Waals surface area contributed by atoms with E-state index in [9.17, 15) is 5.11 Å². The zero-order chi connectivity index (χ0) is 17.6. The van der Waals surface area contributed by atoms with E-state index >= 15 is 0 Å². The van der Waals surface area contributed by atoms with Crippen LogP contribution >= 0.6 is 0 Å². The molecule has 2 aromatic rings. The first-order valence-corrected chi connectivity index (χ1v) is 9.07. The van der Waals surface area contributed by atoms with Crippen molar-refractivity contribution in [2.45, 2.75) is 31.4 Å². The van der Waals surface area contributed by atoms with E-state index in [1.54, 1.807) is 13.3 Å². The fourth-order valence-corrected chi connectivity index (χ4v) is 4.79. The van der Waals surface area contributed by atoms with E-state index < -0.39 is 5.60 Å². The van der Waals surface area contributed by atoms with E-state index in [1.165, 1.54) is 6.42 Å². The number of pyridine rings is 1. The van der Waals surface area contributed by atoms with Gasteiger partial charge in [0.15, 0.2) is 0 Å². The number of methoxy groups -OCH3 is 1. The van der Waals surface area contributed by atoms with Crippen molar-refractivity contribution in [3.63, 3.8) is 0 Å². The van der Waals surface area contributed by atoms with Crippen LogP contribution in [-0.4, -0.2) is 41.2 Å². The molecule has 0 radical (unpaired) electrons. The SMILES string of the molecule is C=CC1CN2CCC1CC2C(C)(O)c1ccnc2ccc(OC)cc12. The number of aliphatic hydroxyl groups is 1. The molecule has 3 fully saturated rings. The largest absolute Gasteiger partial charge is 0.497 e. The molecule has 4 nitrogen and oxygen atoms in total. The summed E-state index contributed by atoms with van der Waals surface area (Å²) >= 11 is 0. The number of nitrogens with zero attached hydrogens (tertiary/aromatic N) is 2. The Kier molecular flexibility index (Phi) is 4.05. The molecule has 5 unspecified atom stereocenters. The Bertz CT molecular complexity index is 802. The summed E-state index contributed by atoms with van der Waals surface area (Å²) in [6.45, 7) is 8.01. The average Bonchev–Trinajstić information content (AvgIpc) is 2.67. The number of benzene rings is 1. The Balaban J connectivity index is 1.76. The van der Waals surface area contributed by atoms with Crippen molar-refractivity contribution in [3.05, 3.63) is 48.7 Å². The monoisotopic (exact) mass is 338 g/mol. The quantitative estimate of drug-likeness (QED) is 0.869. The van der Waals surface area contributed by atoms with Crippen LogP contribution in [0, 0.1) is 11.8 Å². The number of fused-ring (bicyclic) bond motifs is 4. The molecule has 25 heavy (non-hydrogen) atoms. The van der Waals surface area contributed by atoms with Gasteiger partial charge in [0.25, 0.3) is 0 Å². The second-order valence-corrected chi connectivity index (χ2v) is 7.58. The van der Waals surface area contributed by atoms with Crippen LogP contribution < -0.4 is 4.74 Å². The molecule has 0 saturated carbocycles. The van der Waals surface area contributed by atoms with Gasteiger partial charge in [-0.25, -0.2) is 0 Å². The van der Waals surface area contributed by atoms with Crippen LogP contribution in [0.1, 0.15) is 25.3 Å². The van der Waals surface area contributed by atoms with Crippen molar-refractivity contribution in [2.75, 3.05) is 20.2 Å². The van der Waals surface area contributed by atoms with Crippen molar-refractivity contribution in [3.8, 4) is 5.75 Å². The molecule has 5 atom stereocenters. The standard InChI is InChI=1S/C21H26N2O2/c1-4-14-13-23-10-8-15(14)11-20(23)21(2,24)18-7-9-22-19-6-5-16(25-3)12-17(18)19/h4-7,9,12,14-15,20,24H,1,8,10-11,13H2,2-3H3. The summed E-state index contributed by atoms with van der Waals surface area (Å²) in [5.41, 5.74) is 0.890. The molecule has 3 aliphatic rings. The van der Waals surface area contributed by atoms with E-state index in [1.807, 2.05) is 31.2 Å². The third-order valence-electron chi connectivity index (χ3n) is 6.25. The summed E-state index contributed by atoms with van der Waals surface area (Å²) < 4.78 is 5.38. The number of aromatic nitrogens is 1. The van der Waals surface area contributed by atoms with E-state index in [0.717, 1.165) is 41.7 Å². The van der Waals surface area contributed by atoms with Gasteiger partial charge >= 0.3 is 0 Å². The van der Waals surface area contributed by atoms with E-state index in [0.29, 0.717) is 11.8 Å². The van der Waals surface area contributed by atoms with Gasteiger partial charge in [-0.3, -0.25) is 9.88 Å². The second-order valence-electron chi connectivity index (χ2n) is 7.58. The lowest BCUT2D eigenvalue weighted by molar-refractivity contribution is -0.0986. The Labute approximate surface area is 149 Å². The van der Waals surface area contributed by atoms with Gasteiger partial charge in [0, 0.05) is 24.2 Å². The molecule has 1 aromatic heterocycles. The summed E-state index contributed by atoms with van der Waals surface area (Å²) in [6.07, 6.45) is 6.10. The summed E-state index contributed by atoms with van der Waals surface area (Å²) in [7, 11) is 1.66. The molecule has 0 aliphatic carbocycles. The predicted molar refractivity (Wildman–Crippen MR) is 99.6 cm³/mol.